The van der Waals surface area contributed by atoms with Crippen molar-refractivity contribution in [1.29, 1.82) is 5.26 Å². The lowest BCUT2D eigenvalue weighted by Gasteiger charge is -2.25. The van der Waals surface area contributed by atoms with Crippen molar-refractivity contribution < 1.29 is 0 Å². The van der Waals surface area contributed by atoms with E-state index in [0.29, 0.717) is 5.69 Å². The summed E-state index contributed by atoms with van der Waals surface area (Å²) in [6.07, 6.45) is 0.999. The molecule has 102 valence electrons. The van der Waals surface area contributed by atoms with Crippen LogP contribution in [0.25, 0.3) is 0 Å². The van der Waals surface area contributed by atoms with Crippen LogP contribution in [0.15, 0.2) is 48.5 Å². The lowest BCUT2D eigenvalue weighted by Crippen LogP contribution is -2.26. The average molecular weight is 265 g/mol. The fourth-order valence-corrected chi connectivity index (χ4v) is 2.14. The van der Waals surface area contributed by atoms with Crippen LogP contribution in [0.1, 0.15) is 25.1 Å². The highest BCUT2D eigenvalue weighted by Crippen LogP contribution is 2.22. The summed E-state index contributed by atoms with van der Waals surface area (Å²) < 4.78 is 0. The highest BCUT2D eigenvalue weighted by molar-refractivity contribution is 5.38. The van der Waals surface area contributed by atoms with Crippen molar-refractivity contribution in [3.8, 4) is 6.07 Å². The van der Waals surface area contributed by atoms with Crippen LogP contribution in [-0.2, 0) is 6.42 Å². The van der Waals surface area contributed by atoms with Crippen molar-refractivity contribution in [2.45, 2.75) is 20.3 Å². The first-order chi connectivity index (χ1) is 9.59. The van der Waals surface area contributed by atoms with E-state index in [0.717, 1.165) is 18.8 Å². The third-order valence-electron chi connectivity index (χ3n) is 3.14. The maximum Gasteiger partial charge on any atom is 0.142 e. The van der Waals surface area contributed by atoms with Gasteiger partial charge in [-0.1, -0.05) is 50.2 Å². The van der Waals surface area contributed by atoms with Crippen LogP contribution in [0, 0.1) is 16.7 Å². The fourth-order valence-electron chi connectivity index (χ4n) is 2.14. The minimum atomic E-state index is 0.117. The smallest absolute Gasteiger partial charge is 0.142 e. The molecule has 1 aromatic carbocycles. The average Bonchev–Trinajstić information content (AvgIpc) is 2.46. The molecule has 0 atom stereocenters. The van der Waals surface area contributed by atoms with Gasteiger partial charge in [0.2, 0.25) is 0 Å². The molecule has 1 heterocycles. The number of aromatic nitrogens is 1. The second kappa shape index (κ2) is 6.21. The molecule has 0 aliphatic heterocycles. The Morgan fingerprint density at radius 2 is 1.85 bits per heavy atom. The van der Waals surface area contributed by atoms with E-state index in [1.807, 2.05) is 18.2 Å². The topological polar surface area (TPSA) is 48.7 Å². The van der Waals surface area contributed by atoms with Gasteiger partial charge in [0.1, 0.15) is 17.6 Å². The molecule has 3 heteroatoms. The van der Waals surface area contributed by atoms with E-state index in [9.17, 15) is 0 Å². The quantitative estimate of drug-likeness (QED) is 0.898. The summed E-state index contributed by atoms with van der Waals surface area (Å²) in [5, 5.41) is 12.2. The van der Waals surface area contributed by atoms with Crippen LogP contribution >= 0.6 is 0 Å². The number of pyridine rings is 1. The number of nitriles is 1. The Labute approximate surface area is 120 Å². The highest BCUT2D eigenvalue weighted by Gasteiger charge is 2.18. The van der Waals surface area contributed by atoms with E-state index in [-0.39, 0.29) is 5.41 Å². The molecule has 0 amide bonds. The molecule has 0 aliphatic rings. The zero-order chi connectivity index (χ0) is 14.4. The highest BCUT2D eigenvalue weighted by atomic mass is 15.0. The molecule has 0 radical (unpaired) electrons. The maximum absolute atomic E-state index is 8.84. The monoisotopic (exact) mass is 265 g/mol. The van der Waals surface area contributed by atoms with Gasteiger partial charge in [0.25, 0.3) is 0 Å². The molecule has 2 aromatic rings. The minimum Gasteiger partial charge on any atom is -0.369 e. The van der Waals surface area contributed by atoms with E-state index in [1.54, 1.807) is 6.07 Å². The zero-order valence-corrected chi connectivity index (χ0v) is 11.9. The molecule has 0 bridgehead atoms. The summed E-state index contributed by atoms with van der Waals surface area (Å²) in [5.41, 5.74) is 1.89. The molecule has 1 aromatic heterocycles. The van der Waals surface area contributed by atoms with E-state index in [4.69, 9.17) is 5.26 Å². The van der Waals surface area contributed by atoms with Gasteiger partial charge in [-0.25, -0.2) is 4.98 Å². The van der Waals surface area contributed by atoms with E-state index >= 15 is 0 Å². The molecule has 0 unspecified atom stereocenters. The second-order valence-electron chi connectivity index (χ2n) is 5.70. The number of anilines is 1. The molecular weight excluding hydrogens is 246 g/mol. The standard InChI is InChI=1S/C17H19N3/c1-17(2,11-14-7-4-3-5-8-14)13-19-16-10-6-9-15(12-18)20-16/h3-10H,11,13H2,1-2H3,(H,19,20). The summed E-state index contributed by atoms with van der Waals surface area (Å²) in [6.45, 7) is 5.26. The molecule has 0 saturated carbocycles. The van der Waals surface area contributed by atoms with Crippen molar-refractivity contribution >= 4 is 5.82 Å². The lowest BCUT2D eigenvalue weighted by atomic mass is 9.85. The number of rotatable bonds is 5. The third kappa shape index (κ3) is 4.10. The van der Waals surface area contributed by atoms with Gasteiger partial charge in [-0.15, -0.1) is 0 Å². The minimum absolute atomic E-state index is 0.117. The van der Waals surface area contributed by atoms with E-state index < -0.39 is 0 Å². The van der Waals surface area contributed by atoms with Crippen molar-refractivity contribution in [2.24, 2.45) is 5.41 Å². The first kappa shape index (κ1) is 14.1. The van der Waals surface area contributed by atoms with Crippen LogP contribution < -0.4 is 5.32 Å². The van der Waals surface area contributed by atoms with Crippen molar-refractivity contribution in [1.82, 2.24) is 4.98 Å². The van der Waals surface area contributed by atoms with Crippen LogP contribution in [0.4, 0.5) is 5.82 Å². The molecule has 0 fully saturated rings. The predicted molar refractivity (Wildman–Crippen MR) is 81.4 cm³/mol. The number of nitrogens with zero attached hydrogens (tertiary/aromatic N) is 2. The lowest BCUT2D eigenvalue weighted by molar-refractivity contribution is 0.389. The summed E-state index contributed by atoms with van der Waals surface area (Å²) >= 11 is 0. The maximum atomic E-state index is 8.84. The van der Waals surface area contributed by atoms with Gasteiger partial charge in [-0.3, -0.25) is 0 Å². The first-order valence-corrected chi connectivity index (χ1v) is 6.74. The Morgan fingerprint density at radius 1 is 1.10 bits per heavy atom. The molecule has 0 saturated heterocycles. The van der Waals surface area contributed by atoms with E-state index in [2.05, 4.69) is 54.5 Å². The van der Waals surface area contributed by atoms with Crippen molar-refractivity contribution in [2.75, 3.05) is 11.9 Å². The second-order valence-corrected chi connectivity index (χ2v) is 5.70. The van der Waals surface area contributed by atoms with Gasteiger partial charge in [0.15, 0.2) is 0 Å². The first-order valence-electron chi connectivity index (χ1n) is 6.74. The fraction of sp³-hybridized carbons (Fsp3) is 0.294. The summed E-state index contributed by atoms with van der Waals surface area (Å²) in [6, 6.07) is 18.0. The Kier molecular flexibility index (Phi) is 4.37. The summed E-state index contributed by atoms with van der Waals surface area (Å²) in [4.78, 5) is 4.23. The van der Waals surface area contributed by atoms with Crippen LogP contribution in [0.3, 0.4) is 0 Å². The molecule has 1 N–H and O–H groups in total. The number of benzene rings is 1. The SMILES string of the molecule is CC(C)(CNc1cccc(C#N)n1)Cc1ccccc1. The van der Waals surface area contributed by atoms with Crippen LogP contribution in [0.5, 0.6) is 0 Å². The largest absolute Gasteiger partial charge is 0.369 e. The Hall–Kier alpha value is -2.34. The third-order valence-corrected chi connectivity index (χ3v) is 3.14. The summed E-state index contributed by atoms with van der Waals surface area (Å²) in [5.74, 6) is 0.755. The predicted octanol–water partition coefficient (Wildman–Crippen LogP) is 3.63. The van der Waals surface area contributed by atoms with Crippen LogP contribution in [-0.4, -0.2) is 11.5 Å². The van der Waals surface area contributed by atoms with Crippen molar-refractivity contribution in [3.05, 3.63) is 59.8 Å². The van der Waals surface area contributed by atoms with Gasteiger partial charge < -0.3 is 5.32 Å². The Morgan fingerprint density at radius 3 is 2.55 bits per heavy atom. The normalized spacial score (nSPS) is 10.8. The number of hydrogen-bond donors (Lipinski definition) is 1. The Balaban J connectivity index is 1.96. The number of hydrogen-bond acceptors (Lipinski definition) is 3. The summed E-state index contributed by atoms with van der Waals surface area (Å²) in [7, 11) is 0. The van der Waals surface area contributed by atoms with Gasteiger partial charge in [-0.05, 0) is 29.5 Å². The molecule has 20 heavy (non-hydrogen) atoms. The van der Waals surface area contributed by atoms with Gasteiger partial charge in [0.05, 0.1) is 0 Å². The molecule has 3 nitrogen and oxygen atoms in total. The van der Waals surface area contributed by atoms with Gasteiger partial charge >= 0.3 is 0 Å². The van der Waals surface area contributed by atoms with Gasteiger partial charge in [-0.2, -0.15) is 5.26 Å². The van der Waals surface area contributed by atoms with Gasteiger partial charge in [0, 0.05) is 6.54 Å². The van der Waals surface area contributed by atoms with E-state index in [1.165, 1.54) is 5.56 Å². The molecule has 0 spiro atoms. The van der Waals surface area contributed by atoms with Crippen molar-refractivity contribution in [3.63, 3.8) is 0 Å². The Bertz CT molecular complexity index is 597. The molecule has 0 aliphatic carbocycles. The molecular formula is C17H19N3. The number of nitrogens with one attached hydrogen (secondary N) is 1. The van der Waals surface area contributed by atoms with Crippen LogP contribution in [0.2, 0.25) is 0 Å². The molecule has 2 rings (SSSR count). The zero-order valence-electron chi connectivity index (χ0n) is 11.9.